The number of imide groups is 1. The lowest BCUT2D eigenvalue weighted by Crippen LogP contribution is -2.32. The highest BCUT2D eigenvalue weighted by Gasteiger charge is 2.40. The summed E-state index contributed by atoms with van der Waals surface area (Å²) < 4.78 is 27.0. The van der Waals surface area contributed by atoms with Gasteiger partial charge >= 0.3 is 0 Å². The first-order valence-corrected chi connectivity index (χ1v) is 9.34. The molecule has 0 radical (unpaired) electrons. The van der Waals surface area contributed by atoms with Gasteiger partial charge in [0.05, 0.1) is 11.3 Å². The van der Waals surface area contributed by atoms with Crippen LogP contribution in [-0.4, -0.2) is 11.8 Å². The van der Waals surface area contributed by atoms with E-state index in [4.69, 9.17) is 0 Å². The molecule has 3 aromatic rings. The minimum Gasteiger partial charge on any atom is -0.350 e. The number of amides is 2. The number of rotatable bonds is 4. The van der Waals surface area contributed by atoms with Crippen molar-refractivity contribution >= 4 is 28.8 Å². The van der Waals surface area contributed by atoms with Crippen LogP contribution in [0.25, 0.3) is 5.57 Å². The topological polar surface area (TPSA) is 49.4 Å². The molecule has 150 valence electrons. The lowest BCUT2D eigenvalue weighted by atomic mass is 9.97. The van der Waals surface area contributed by atoms with Crippen molar-refractivity contribution in [3.63, 3.8) is 0 Å². The molecule has 1 aliphatic rings. The van der Waals surface area contributed by atoms with Crippen LogP contribution in [0.15, 0.2) is 72.4 Å². The van der Waals surface area contributed by atoms with E-state index in [0.29, 0.717) is 11.3 Å². The molecular formula is C24H18F2N2O2. The Labute approximate surface area is 172 Å². The summed E-state index contributed by atoms with van der Waals surface area (Å²) in [6, 6.07) is 16.3. The maximum atomic E-state index is 13.7. The predicted octanol–water partition coefficient (Wildman–Crippen LogP) is 4.98. The van der Waals surface area contributed by atoms with Crippen molar-refractivity contribution in [2.75, 3.05) is 10.2 Å². The number of hydrogen-bond donors (Lipinski definition) is 1. The number of halogens is 2. The molecule has 0 unspecified atom stereocenters. The van der Waals surface area contributed by atoms with E-state index in [-0.39, 0.29) is 17.0 Å². The average molecular weight is 404 g/mol. The Morgan fingerprint density at radius 3 is 2.20 bits per heavy atom. The van der Waals surface area contributed by atoms with Crippen molar-refractivity contribution in [1.82, 2.24) is 0 Å². The Hall–Kier alpha value is -3.80. The third-order valence-corrected chi connectivity index (χ3v) is 4.91. The number of nitrogens with zero attached hydrogens (tertiary/aromatic N) is 1. The Balaban J connectivity index is 1.86. The van der Waals surface area contributed by atoms with Crippen LogP contribution in [0.1, 0.15) is 16.7 Å². The maximum absolute atomic E-state index is 13.7. The van der Waals surface area contributed by atoms with E-state index in [0.717, 1.165) is 16.0 Å². The number of anilines is 2. The summed E-state index contributed by atoms with van der Waals surface area (Å²) in [4.78, 5) is 27.6. The highest BCUT2D eigenvalue weighted by Crippen LogP contribution is 2.35. The molecule has 0 aromatic heterocycles. The van der Waals surface area contributed by atoms with E-state index in [1.807, 2.05) is 26.0 Å². The molecule has 0 aliphatic carbocycles. The molecule has 0 atom stereocenters. The molecule has 6 heteroatoms. The molecule has 0 spiro atoms. The van der Waals surface area contributed by atoms with E-state index in [2.05, 4.69) is 5.32 Å². The van der Waals surface area contributed by atoms with Crippen molar-refractivity contribution in [2.45, 2.75) is 13.8 Å². The van der Waals surface area contributed by atoms with Gasteiger partial charge in [-0.15, -0.1) is 0 Å². The number of carbonyl (C=O) groups is 2. The standard InChI is InChI=1S/C24H18F2N2O2/c1-14-6-11-20(15(2)12-14)21-22(27-18-5-3-4-17(26)13-18)24(30)28(23(21)29)19-9-7-16(25)8-10-19/h3-13,27H,1-2H3. The van der Waals surface area contributed by atoms with Crippen molar-refractivity contribution in [2.24, 2.45) is 0 Å². The summed E-state index contributed by atoms with van der Waals surface area (Å²) in [6.45, 7) is 3.79. The molecular weight excluding hydrogens is 386 g/mol. The number of hydrogen-bond acceptors (Lipinski definition) is 3. The smallest absolute Gasteiger partial charge is 0.282 e. The number of carbonyl (C=O) groups excluding carboxylic acids is 2. The second kappa shape index (κ2) is 7.55. The van der Waals surface area contributed by atoms with Gasteiger partial charge in [-0.2, -0.15) is 0 Å². The number of benzene rings is 3. The first-order chi connectivity index (χ1) is 14.3. The first-order valence-electron chi connectivity index (χ1n) is 9.34. The van der Waals surface area contributed by atoms with Gasteiger partial charge in [0.2, 0.25) is 0 Å². The molecule has 4 nitrogen and oxygen atoms in total. The van der Waals surface area contributed by atoms with Gasteiger partial charge < -0.3 is 5.32 Å². The molecule has 3 aromatic carbocycles. The first kappa shape index (κ1) is 19.5. The third kappa shape index (κ3) is 3.48. The molecule has 1 N–H and O–H groups in total. The van der Waals surface area contributed by atoms with Crippen molar-refractivity contribution in [1.29, 1.82) is 0 Å². The van der Waals surface area contributed by atoms with Crippen LogP contribution >= 0.6 is 0 Å². The van der Waals surface area contributed by atoms with E-state index >= 15 is 0 Å². The molecule has 1 aliphatic heterocycles. The lowest BCUT2D eigenvalue weighted by Gasteiger charge is -2.15. The minimum atomic E-state index is -0.592. The van der Waals surface area contributed by atoms with Crippen LogP contribution in [0.2, 0.25) is 0 Å². The van der Waals surface area contributed by atoms with Crippen LogP contribution in [-0.2, 0) is 9.59 Å². The quantitative estimate of drug-likeness (QED) is 0.624. The van der Waals surface area contributed by atoms with Crippen molar-refractivity contribution in [3.05, 3.63) is 101 Å². The van der Waals surface area contributed by atoms with Gasteiger partial charge in [-0.25, -0.2) is 13.7 Å². The largest absolute Gasteiger partial charge is 0.350 e. The van der Waals surface area contributed by atoms with Gasteiger partial charge in [0, 0.05) is 5.69 Å². The van der Waals surface area contributed by atoms with Crippen LogP contribution < -0.4 is 10.2 Å². The monoisotopic (exact) mass is 404 g/mol. The van der Waals surface area contributed by atoms with Gasteiger partial charge in [0.15, 0.2) is 0 Å². The number of nitrogens with one attached hydrogen (secondary N) is 1. The van der Waals surface area contributed by atoms with Gasteiger partial charge in [-0.3, -0.25) is 9.59 Å². The molecule has 0 bridgehead atoms. The average Bonchev–Trinajstić information content (AvgIpc) is 2.93. The second-order valence-electron chi connectivity index (χ2n) is 7.13. The van der Waals surface area contributed by atoms with E-state index in [9.17, 15) is 18.4 Å². The zero-order chi connectivity index (χ0) is 21.4. The van der Waals surface area contributed by atoms with Crippen molar-refractivity contribution < 1.29 is 18.4 Å². The van der Waals surface area contributed by atoms with Gasteiger partial charge in [0.25, 0.3) is 11.8 Å². The summed E-state index contributed by atoms with van der Waals surface area (Å²) in [5.74, 6) is -2.07. The SMILES string of the molecule is Cc1ccc(C2=C(Nc3cccc(F)c3)C(=O)N(c3ccc(F)cc3)C2=O)c(C)c1. The van der Waals surface area contributed by atoms with E-state index in [1.54, 1.807) is 12.1 Å². The molecule has 0 fully saturated rings. The molecule has 4 rings (SSSR count). The van der Waals surface area contributed by atoms with Crippen LogP contribution in [0.4, 0.5) is 20.2 Å². The Bertz CT molecular complexity index is 1200. The lowest BCUT2D eigenvalue weighted by molar-refractivity contribution is -0.120. The normalized spacial score (nSPS) is 13.9. The Morgan fingerprint density at radius 2 is 1.53 bits per heavy atom. The van der Waals surface area contributed by atoms with E-state index in [1.165, 1.54) is 42.5 Å². The Kier molecular flexibility index (Phi) is 4.91. The van der Waals surface area contributed by atoms with Crippen LogP contribution in [0.5, 0.6) is 0 Å². The molecule has 1 heterocycles. The highest BCUT2D eigenvalue weighted by atomic mass is 19.1. The summed E-state index contributed by atoms with van der Waals surface area (Å²) in [7, 11) is 0. The fourth-order valence-electron chi connectivity index (χ4n) is 3.52. The maximum Gasteiger partial charge on any atom is 0.282 e. The minimum absolute atomic E-state index is 0.0434. The molecule has 2 amide bonds. The van der Waals surface area contributed by atoms with Gasteiger partial charge in [-0.05, 0) is 67.4 Å². The second-order valence-corrected chi connectivity index (χ2v) is 7.13. The van der Waals surface area contributed by atoms with Crippen LogP contribution in [0.3, 0.4) is 0 Å². The summed E-state index contributed by atoms with van der Waals surface area (Å²) in [6.07, 6.45) is 0. The fraction of sp³-hybridized carbons (Fsp3) is 0.0833. The molecule has 30 heavy (non-hydrogen) atoms. The van der Waals surface area contributed by atoms with E-state index < -0.39 is 23.4 Å². The highest BCUT2D eigenvalue weighted by molar-refractivity contribution is 6.46. The summed E-state index contributed by atoms with van der Waals surface area (Å²) >= 11 is 0. The fourth-order valence-corrected chi connectivity index (χ4v) is 3.52. The van der Waals surface area contributed by atoms with Crippen molar-refractivity contribution in [3.8, 4) is 0 Å². The predicted molar refractivity (Wildman–Crippen MR) is 112 cm³/mol. The van der Waals surface area contributed by atoms with Gasteiger partial charge in [0.1, 0.15) is 17.3 Å². The molecule has 0 saturated heterocycles. The summed E-state index contributed by atoms with van der Waals surface area (Å²) in [5.41, 5.74) is 3.27. The van der Waals surface area contributed by atoms with Crippen LogP contribution in [0, 0.1) is 25.5 Å². The Morgan fingerprint density at radius 1 is 0.800 bits per heavy atom. The third-order valence-electron chi connectivity index (χ3n) is 4.91. The van der Waals surface area contributed by atoms with Gasteiger partial charge in [-0.1, -0.05) is 29.8 Å². The zero-order valence-electron chi connectivity index (χ0n) is 16.4. The molecule has 0 saturated carbocycles. The number of aryl methyl sites for hydroxylation is 2. The zero-order valence-corrected chi connectivity index (χ0v) is 16.4. The summed E-state index contributed by atoms with van der Waals surface area (Å²) in [5, 5.41) is 2.92.